The molecule has 2 heteroatoms. The van der Waals surface area contributed by atoms with Gasteiger partial charge in [0.2, 0.25) is 0 Å². The summed E-state index contributed by atoms with van der Waals surface area (Å²) in [7, 11) is -0.0976. The fraction of sp³-hybridized carbons (Fsp3) is 0.440. The van der Waals surface area contributed by atoms with Crippen LogP contribution in [0.1, 0.15) is 69.5 Å². The zero-order valence-electron chi connectivity index (χ0n) is 17.7. The van der Waals surface area contributed by atoms with Crippen LogP contribution >= 0.6 is 15.8 Å². The van der Waals surface area contributed by atoms with Crippen molar-refractivity contribution in [1.29, 1.82) is 0 Å². The van der Waals surface area contributed by atoms with Gasteiger partial charge >= 0.3 is 0 Å². The third-order valence-electron chi connectivity index (χ3n) is 5.67. The van der Waals surface area contributed by atoms with Gasteiger partial charge in [-0.3, -0.25) is 0 Å². The van der Waals surface area contributed by atoms with E-state index in [-0.39, 0.29) is 15.8 Å². The molecule has 27 heavy (non-hydrogen) atoms. The molecule has 0 amide bonds. The monoisotopic (exact) mass is 396 g/mol. The highest BCUT2D eigenvalue weighted by molar-refractivity contribution is 7.75. The van der Waals surface area contributed by atoms with Gasteiger partial charge in [0.1, 0.15) is 0 Å². The van der Waals surface area contributed by atoms with E-state index in [0.29, 0.717) is 5.66 Å². The van der Waals surface area contributed by atoms with Gasteiger partial charge in [0.25, 0.3) is 0 Å². The molecule has 1 aliphatic rings. The van der Waals surface area contributed by atoms with Crippen LogP contribution in [0.15, 0.2) is 48.5 Å². The molecular weight excluding hydrogens is 362 g/mol. The minimum absolute atomic E-state index is 0.0459. The Morgan fingerprint density at radius 1 is 0.667 bits per heavy atom. The Kier molecular flexibility index (Phi) is 6.94. The van der Waals surface area contributed by atoms with E-state index >= 15 is 0 Å². The fourth-order valence-electron chi connectivity index (χ4n) is 4.18. The molecule has 3 rings (SSSR count). The Balaban J connectivity index is 2.12. The second-order valence-electron chi connectivity index (χ2n) is 8.44. The van der Waals surface area contributed by atoms with Gasteiger partial charge in [-0.05, 0) is 45.1 Å². The first-order valence-corrected chi connectivity index (χ1v) is 13.6. The summed E-state index contributed by atoms with van der Waals surface area (Å²) in [6.07, 6.45) is 4.66. The van der Waals surface area contributed by atoms with Crippen LogP contribution < -0.4 is 0 Å². The lowest BCUT2D eigenvalue weighted by Gasteiger charge is -2.38. The molecular formula is C25H34P2. The maximum absolute atomic E-state index is 2.46. The number of rotatable bonds is 6. The highest BCUT2D eigenvalue weighted by Crippen LogP contribution is 2.67. The van der Waals surface area contributed by atoms with Gasteiger partial charge in [0.05, 0.1) is 0 Å². The molecule has 1 aliphatic carbocycles. The average molecular weight is 396 g/mol. The molecule has 2 aromatic rings. The molecule has 0 aliphatic heterocycles. The molecule has 1 unspecified atom stereocenters. The van der Waals surface area contributed by atoms with Crippen molar-refractivity contribution in [2.45, 2.75) is 64.2 Å². The molecule has 0 aromatic heterocycles. The molecule has 0 nitrogen and oxygen atoms in total. The number of hydrogen-bond donors (Lipinski definition) is 0. The highest BCUT2D eigenvalue weighted by atomic mass is 31.2. The summed E-state index contributed by atoms with van der Waals surface area (Å²) < 4.78 is 0. The molecule has 1 atom stereocenters. The molecule has 0 saturated carbocycles. The van der Waals surface area contributed by atoms with E-state index in [1.807, 2.05) is 0 Å². The lowest BCUT2D eigenvalue weighted by Crippen LogP contribution is -2.14. The van der Waals surface area contributed by atoms with Crippen molar-refractivity contribution in [1.82, 2.24) is 0 Å². The van der Waals surface area contributed by atoms with E-state index in [1.54, 1.807) is 11.1 Å². The summed E-state index contributed by atoms with van der Waals surface area (Å²) in [5.74, 6) is 1.42. The maximum Gasteiger partial charge on any atom is 0.0308 e. The Labute approximate surface area is 169 Å². The summed E-state index contributed by atoms with van der Waals surface area (Å²) in [5, 5.41) is 0. The number of hydrogen-bond acceptors (Lipinski definition) is 0. The Hall–Kier alpha value is -0.960. The van der Waals surface area contributed by atoms with Crippen LogP contribution in [0.3, 0.4) is 0 Å². The molecule has 0 radical (unpaired) electrons. The van der Waals surface area contributed by atoms with Gasteiger partial charge in [-0.15, -0.1) is 0 Å². The van der Waals surface area contributed by atoms with Gasteiger partial charge in [0, 0.05) is 5.66 Å². The van der Waals surface area contributed by atoms with E-state index in [4.69, 9.17) is 0 Å². The molecule has 0 fully saturated rings. The van der Waals surface area contributed by atoms with Crippen LogP contribution in [0.25, 0.3) is 12.2 Å². The van der Waals surface area contributed by atoms with E-state index in [2.05, 4.69) is 102 Å². The van der Waals surface area contributed by atoms with E-state index < -0.39 is 0 Å². The standard InChI is InChI=1S/C25H34P2/c1-18(2)26(19(3)4)17-27(20(5)6)25-23-13-9-7-11-21(23)15-16-22-12-8-10-14-24(22)25/h7-16,18-20,25H,17H2,1-6H3. The third-order valence-corrected chi connectivity index (χ3v) is 13.5. The zero-order valence-corrected chi connectivity index (χ0v) is 19.5. The molecule has 144 valence electrons. The van der Waals surface area contributed by atoms with E-state index in [9.17, 15) is 0 Å². The van der Waals surface area contributed by atoms with Crippen molar-refractivity contribution in [3.63, 3.8) is 0 Å². The van der Waals surface area contributed by atoms with Crippen molar-refractivity contribution < 1.29 is 0 Å². The van der Waals surface area contributed by atoms with Crippen molar-refractivity contribution in [3.05, 3.63) is 70.8 Å². The summed E-state index contributed by atoms with van der Waals surface area (Å²) in [5.41, 5.74) is 8.78. The Morgan fingerprint density at radius 3 is 1.52 bits per heavy atom. The van der Waals surface area contributed by atoms with Crippen molar-refractivity contribution in [2.75, 3.05) is 5.90 Å². The molecule has 0 saturated heterocycles. The summed E-state index contributed by atoms with van der Waals surface area (Å²) >= 11 is 0. The summed E-state index contributed by atoms with van der Waals surface area (Å²) in [6.45, 7) is 14.7. The van der Waals surface area contributed by atoms with Gasteiger partial charge in [-0.25, -0.2) is 0 Å². The van der Waals surface area contributed by atoms with Gasteiger partial charge in [-0.1, -0.05) is 118 Å². The fourth-order valence-corrected chi connectivity index (χ4v) is 13.2. The van der Waals surface area contributed by atoms with Crippen LogP contribution in [0.5, 0.6) is 0 Å². The topological polar surface area (TPSA) is 0 Å². The van der Waals surface area contributed by atoms with Crippen LogP contribution in [-0.2, 0) is 0 Å². The van der Waals surface area contributed by atoms with Crippen LogP contribution in [0.2, 0.25) is 0 Å². The number of fused-ring (bicyclic) bond motifs is 2. The van der Waals surface area contributed by atoms with Crippen molar-refractivity contribution in [2.24, 2.45) is 0 Å². The van der Waals surface area contributed by atoms with Crippen molar-refractivity contribution >= 4 is 28.0 Å². The summed E-state index contributed by atoms with van der Waals surface area (Å²) in [4.78, 5) is 0. The smallest absolute Gasteiger partial charge is 0.0308 e. The first-order valence-electron chi connectivity index (χ1n) is 10.3. The average Bonchev–Trinajstić information content (AvgIpc) is 2.79. The van der Waals surface area contributed by atoms with Crippen molar-refractivity contribution in [3.8, 4) is 0 Å². The van der Waals surface area contributed by atoms with Gasteiger partial charge in [0.15, 0.2) is 0 Å². The third kappa shape index (κ3) is 4.55. The lowest BCUT2D eigenvalue weighted by molar-refractivity contribution is 0.999. The highest BCUT2D eigenvalue weighted by Gasteiger charge is 2.33. The van der Waals surface area contributed by atoms with Crippen LogP contribution in [-0.4, -0.2) is 22.9 Å². The predicted molar refractivity (Wildman–Crippen MR) is 128 cm³/mol. The second-order valence-corrected chi connectivity index (χ2v) is 15.2. The minimum Gasteiger partial charge on any atom is -0.0970 e. The molecule has 0 heterocycles. The maximum atomic E-state index is 2.46. The molecule has 0 N–H and O–H groups in total. The quantitative estimate of drug-likeness (QED) is 0.430. The number of benzene rings is 2. The lowest BCUT2D eigenvalue weighted by atomic mass is 9.99. The normalized spacial score (nSPS) is 15.3. The Bertz CT molecular complexity index is 731. The minimum atomic E-state index is -0.144. The summed E-state index contributed by atoms with van der Waals surface area (Å²) in [6, 6.07) is 18.2. The van der Waals surface area contributed by atoms with Crippen LogP contribution in [0.4, 0.5) is 0 Å². The Morgan fingerprint density at radius 2 is 1.11 bits per heavy atom. The zero-order chi connectivity index (χ0) is 19.6. The first kappa shape index (κ1) is 20.8. The van der Waals surface area contributed by atoms with Gasteiger partial charge < -0.3 is 0 Å². The molecule has 2 aromatic carbocycles. The molecule has 0 spiro atoms. The second kappa shape index (κ2) is 9.03. The van der Waals surface area contributed by atoms with Crippen LogP contribution in [0, 0.1) is 0 Å². The largest absolute Gasteiger partial charge is 0.0970 e. The van der Waals surface area contributed by atoms with Gasteiger partial charge in [-0.2, -0.15) is 0 Å². The van der Waals surface area contributed by atoms with E-state index in [1.165, 1.54) is 17.0 Å². The predicted octanol–water partition coefficient (Wildman–Crippen LogP) is 8.41. The molecule has 0 bridgehead atoms. The first-order chi connectivity index (χ1) is 12.9. The SMILES string of the molecule is CC(C)P(CP(C(C)C)C1c2ccccc2C=Cc2ccccc21)C(C)C. The van der Waals surface area contributed by atoms with E-state index in [0.717, 1.165) is 17.0 Å².